The first-order valence-corrected chi connectivity index (χ1v) is 9.43. The largest absolute Gasteiger partial charge is 0.497 e. The van der Waals surface area contributed by atoms with Crippen molar-refractivity contribution in [3.63, 3.8) is 0 Å². The molecule has 0 unspecified atom stereocenters. The molecule has 9 heteroatoms. The summed E-state index contributed by atoms with van der Waals surface area (Å²) in [6, 6.07) is 11.8. The Labute approximate surface area is 176 Å². The fourth-order valence-corrected chi connectivity index (χ4v) is 3.17. The first-order chi connectivity index (χ1) is 15.0. The van der Waals surface area contributed by atoms with Crippen molar-refractivity contribution in [3.05, 3.63) is 93.0 Å². The number of ether oxygens (including phenoxy) is 1. The second-order valence-corrected chi connectivity index (χ2v) is 6.81. The highest BCUT2D eigenvalue weighted by Crippen LogP contribution is 2.17. The van der Waals surface area contributed by atoms with Crippen LogP contribution in [0.25, 0.3) is 16.7 Å². The molecule has 0 fully saturated rings. The van der Waals surface area contributed by atoms with Crippen LogP contribution in [0.2, 0.25) is 0 Å². The van der Waals surface area contributed by atoms with Crippen LogP contribution in [-0.4, -0.2) is 32.1 Å². The van der Waals surface area contributed by atoms with Gasteiger partial charge in [0.15, 0.2) is 5.65 Å². The Kier molecular flexibility index (Phi) is 5.31. The molecule has 3 heterocycles. The minimum atomic E-state index is -0.537. The molecule has 1 aromatic carbocycles. The van der Waals surface area contributed by atoms with Crippen LogP contribution < -0.4 is 21.3 Å². The number of hydrogen-bond donors (Lipinski definition) is 1. The number of carbonyl (C=O) groups is 1. The standard InChI is InChI=1S/C22H19N5O4/c1-26-21(29)18-11-15(20(28)25-12-14-7-9-23-10-8-14)13-24-19(18)27(22(26)30)16-3-5-17(31-2)6-4-16/h3-11,13H,12H2,1-2H3,(H,25,28). The van der Waals surface area contributed by atoms with E-state index >= 15 is 0 Å². The number of nitrogens with zero attached hydrogens (tertiary/aromatic N) is 4. The molecule has 9 nitrogen and oxygen atoms in total. The van der Waals surface area contributed by atoms with Gasteiger partial charge in [0.2, 0.25) is 0 Å². The lowest BCUT2D eigenvalue weighted by Crippen LogP contribution is -2.38. The van der Waals surface area contributed by atoms with Gasteiger partial charge in [-0.1, -0.05) is 0 Å². The second-order valence-electron chi connectivity index (χ2n) is 6.81. The number of rotatable bonds is 5. The molecule has 1 N–H and O–H groups in total. The zero-order chi connectivity index (χ0) is 22.0. The van der Waals surface area contributed by atoms with Gasteiger partial charge in [-0.15, -0.1) is 0 Å². The third-order valence-electron chi connectivity index (χ3n) is 4.89. The fourth-order valence-electron chi connectivity index (χ4n) is 3.17. The van der Waals surface area contributed by atoms with Crippen LogP contribution in [0.5, 0.6) is 5.75 Å². The molecule has 0 saturated heterocycles. The number of methoxy groups -OCH3 is 1. The first kappa shape index (κ1) is 20.0. The molecule has 0 aliphatic carbocycles. The molecule has 1 amide bonds. The molecule has 0 radical (unpaired) electrons. The maximum atomic E-state index is 12.8. The summed E-state index contributed by atoms with van der Waals surface area (Å²) < 4.78 is 7.48. The van der Waals surface area contributed by atoms with Crippen molar-refractivity contribution in [1.82, 2.24) is 24.4 Å². The first-order valence-electron chi connectivity index (χ1n) is 9.43. The summed E-state index contributed by atoms with van der Waals surface area (Å²) in [5, 5.41) is 2.95. The molecule has 156 valence electrons. The van der Waals surface area contributed by atoms with Crippen molar-refractivity contribution in [2.45, 2.75) is 6.54 Å². The van der Waals surface area contributed by atoms with Crippen LogP contribution in [0.3, 0.4) is 0 Å². The lowest BCUT2D eigenvalue weighted by molar-refractivity contribution is 0.0950. The van der Waals surface area contributed by atoms with Gasteiger partial charge in [-0.2, -0.15) is 0 Å². The summed E-state index contributed by atoms with van der Waals surface area (Å²) in [5.41, 5.74) is 0.740. The normalized spacial score (nSPS) is 10.8. The van der Waals surface area contributed by atoms with Gasteiger partial charge in [0.05, 0.1) is 23.7 Å². The minimum absolute atomic E-state index is 0.162. The third-order valence-corrected chi connectivity index (χ3v) is 4.89. The number of nitrogens with one attached hydrogen (secondary N) is 1. The topological polar surface area (TPSA) is 108 Å². The highest BCUT2D eigenvalue weighted by Gasteiger charge is 2.16. The van der Waals surface area contributed by atoms with Crippen molar-refractivity contribution in [2.75, 3.05) is 7.11 Å². The summed E-state index contributed by atoms with van der Waals surface area (Å²) in [6.45, 7) is 0.308. The van der Waals surface area contributed by atoms with E-state index in [1.54, 1.807) is 55.9 Å². The molecule has 3 aromatic heterocycles. The zero-order valence-corrected chi connectivity index (χ0v) is 16.9. The second kappa shape index (κ2) is 8.23. The van der Waals surface area contributed by atoms with Gasteiger partial charge in [-0.05, 0) is 48.0 Å². The Bertz CT molecular complexity index is 1380. The van der Waals surface area contributed by atoms with Crippen LogP contribution in [-0.2, 0) is 13.6 Å². The van der Waals surface area contributed by atoms with E-state index in [4.69, 9.17) is 4.74 Å². The molecular formula is C22H19N5O4. The Hall–Kier alpha value is -4.27. The predicted molar refractivity (Wildman–Crippen MR) is 115 cm³/mol. The number of amides is 1. The number of aromatic nitrogens is 4. The molecule has 31 heavy (non-hydrogen) atoms. The summed E-state index contributed by atoms with van der Waals surface area (Å²) in [6.07, 6.45) is 4.63. The van der Waals surface area contributed by atoms with E-state index in [1.165, 1.54) is 23.9 Å². The smallest absolute Gasteiger partial charge is 0.337 e. The van der Waals surface area contributed by atoms with Gasteiger partial charge in [0.1, 0.15) is 5.75 Å². The Balaban J connectivity index is 1.76. The van der Waals surface area contributed by atoms with E-state index in [0.29, 0.717) is 18.0 Å². The maximum Gasteiger partial charge on any atom is 0.337 e. The van der Waals surface area contributed by atoms with Gasteiger partial charge in [0.25, 0.3) is 11.5 Å². The van der Waals surface area contributed by atoms with Gasteiger partial charge in [-0.25, -0.2) is 14.3 Å². The van der Waals surface area contributed by atoms with Crippen LogP contribution in [0.15, 0.2) is 70.6 Å². The number of benzene rings is 1. The summed E-state index contributed by atoms with van der Waals surface area (Å²) in [5.74, 6) is 0.252. The van der Waals surface area contributed by atoms with Crippen molar-refractivity contribution >= 4 is 16.9 Å². The highest BCUT2D eigenvalue weighted by atomic mass is 16.5. The predicted octanol–water partition coefficient (Wildman–Crippen LogP) is 1.42. The number of pyridine rings is 2. The molecule has 0 aliphatic rings. The average molecular weight is 417 g/mol. The molecular weight excluding hydrogens is 398 g/mol. The molecule has 0 saturated carbocycles. The SMILES string of the molecule is COc1ccc(-n2c(=O)n(C)c(=O)c3cc(C(=O)NCc4ccncc4)cnc32)cc1. The molecule has 4 aromatic rings. The maximum absolute atomic E-state index is 12.8. The van der Waals surface area contributed by atoms with Crippen LogP contribution >= 0.6 is 0 Å². The average Bonchev–Trinajstić information content (AvgIpc) is 2.82. The van der Waals surface area contributed by atoms with Gasteiger partial charge >= 0.3 is 5.69 Å². The molecule has 4 rings (SSSR count). The third kappa shape index (κ3) is 3.80. The molecule has 0 atom stereocenters. The van der Waals surface area contributed by atoms with E-state index in [-0.39, 0.29) is 22.5 Å². The summed E-state index contributed by atoms with van der Waals surface area (Å²) in [7, 11) is 2.94. The Morgan fingerprint density at radius 2 is 1.81 bits per heavy atom. The van der Waals surface area contributed by atoms with Crippen molar-refractivity contribution in [1.29, 1.82) is 0 Å². The van der Waals surface area contributed by atoms with Crippen molar-refractivity contribution in [3.8, 4) is 11.4 Å². The fraction of sp³-hybridized carbons (Fsp3) is 0.136. The quantitative estimate of drug-likeness (QED) is 0.526. The summed E-state index contributed by atoms with van der Waals surface area (Å²) in [4.78, 5) is 46.4. The highest BCUT2D eigenvalue weighted by molar-refractivity contribution is 5.96. The molecule has 0 bridgehead atoms. The zero-order valence-electron chi connectivity index (χ0n) is 16.9. The van der Waals surface area contributed by atoms with E-state index in [9.17, 15) is 14.4 Å². The Morgan fingerprint density at radius 1 is 1.10 bits per heavy atom. The van der Waals surface area contributed by atoms with E-state index in [1.807, 2.05) is 0 Å². The van der Waals surface area contributed by atoms with E-state index in [0.717, 1.165) is 10.1 Å². The summed E-state index contributed by atoms with van der Waals surface area (Å²) >= 11 is 0. The van der Waals surface area contributed by atoms with Crippen LogP contribution in [0, 0.1) is 0 Å². The van der Waals surface area contributed by atoms with Gasteiger partial charge in [-0.3, -0.25) is 19.1 Å². The van der Waals surface area contributed by atoms with Crippen molar-refractivity contribution < 1.29 is 9.53 Å². The van der Waals surface area contributed by atoms with Gasteiger partial charge < -0.3 is 10.1 Å². The molecule has 0 aliphatic heterocycles. The van der Waals surface area contributed by atoms with Crippen LogP contribution in [0.4, 0.5) is 0 Å². The van der Waals surface area contributed by atoms with Crippen molar-refractivity contribution in [2.24, 2.45) is 7.05 Å². The molecule has 0 spiro atoms. The van der Waals surface area contributed by atoms with E-state index < -0.39 is 11.2 Å². The van der Waals surface area contributed by atoms with Gasteiger partial charge in [0, 0.05) is 32.2 Å². The number of hydrogen-bond acceptors (Lipinski definition) is 6. The lowest BCUT2D eigenvalue weighted by atomic mass is 10.2. The monoisotopic (exact) mass is 417 g/mol. The lowest BCUT2D eigenvalue weighted by Gasteiger charge is -2.12. The Morgan fingerprint density at radius 3 is 2.48 bits per heavy atom. The minimum Gasteiger partial charge on any atom is -0.497 e. The number of fused-ring (bicyclic) bond motifs is 1. The van der Waals surface area contributed by atoms with Crippen LogP contribution in [0.1, 0.15) is 15.9 Å². The number of carbonyl (C=O) groups excluding carboxylic acids is 1. The van der Waals surface area contributed by atoms with E-state index in [2.05, 4.69) is 15.3 Å².